The lowest BCUT2D eigenvalue weighted by molar-refractivity contribution is -0.577. The average Bonchev–Trinajstić information content (AvgIpc) is 3.36. The molecule has 2 aromatic carbocycles. The number of halogens is 1. The molecule has 0 radical (unpaired) electrons. The van der Waals surface area contributed by atoms with Crippen molar-refractivity contribution < 1.29 is 23.7 Å². The van der Waals surface area contributed by atoms with E-state index in [4.69, 9.17) is 0 Å². The monoisotopic (exact) mass is 496 g/mol. The van der Waals surface area contributed by atoms with Crippen LogP contribution in [0, 0.1) is 12.7 Å². The summed E-state index contributed by atoms with van der Waals surface area (Å²) in [7, 11) is 0. The summed E-state index contributed by atoms with van der Waals surface area (Å²) in [6.07, 6.45) is 4.56. The molecule has 1 aliphatic heterocycles. The van der Waals surface area contributed by atoms with E-state index in [2.05, 4.69) is 5.10 Å². The fourth-order valence-electron chi connectivity index (χ4n) is 4.56. The molecule has 0 saturated carbocycles. The number of hydrogen-bond donors (Lipinski definition) is 0. The molecule has 0 saturated heterocycles. The van der Waals surface area contributed by atoms with Crippen molar-refractivity contribution in [3.05, 3.63) is 101 Å². The number of aromatic nitrogens is 3. The summed E-state index contributed by atoms with van der Waals surface area (Å²) in [5.41, 5.74) is 3.17. The van der Waals surface area contributed by atoms with Gasteiger partial charge in [0.1, 0.15) is 11.4 Å². The number of anilines is 1. The second-order valence-electron chi connectivity index (χ2n) is 8.85. The molecule has 3 heterocycles. The highest BCUT2D eigenvalue weighted by molar-refractivity contribution is 6.53. The molecular formula is C29H25FN4O3. The number of aryl methyl sites for hydroxylation is 3. The van der Waals surface area contributed by atoms with Crippen LogP contribution in [-0.4, -0.2) is 21.6 Å². The van der Waals surface area contributed by atoms with Crippen molar-refractivity contribution in [3.8, 4) is 11.6 Å². The number of pyridine rings is 1. The van der Waals surface area contributed by atoms with Crippen LogP contribution < -0.4 is 14.6 Å². The number of rotatable bonds is 6. The van der Waals surface area contributed by atoms with Gasteiger partial charge in [0.25, 0.3) is 11.6 Å². The van der Waals surface area contributed by atoms with Gasteiger partial charge in [-0.3, -0.25) is 9.59 Å². The Morgan fingerprint density at radius 1 is 0.946 bits per heavy atom. The predicted molar refractivity (Wildman–Crippen MR) is 135 cm³/mol. The van der Waals surface area contributed by atoms with Crippen LogP contribution in [0.1, 0.15) is 36.2 Å². The van der Waals surface area contributed by atoms with Crippen LogP contribution in [0.3, 0.4) is 0 Å². The fraction of sp³-hybridized carbons (Fsp3) is 0.172. The molecule has 2 aromatic heterocycles. The van der Waals surface area contributed by atoms with Gasteiger partial charge < -0.3 is 5.11 Å². The Hall–Kier alpha value is -4.59. The van der Waals surface area contributed by atoms with Gasteiger partial charge >= 0.3 is 5.91 Å². The van der Waals surface area contributed by atoms with Crippen LogP contribution in [-0.2, 0) is 22.4 Å². The first kappa shape index (κ1) is 24.1. The van der Waals surface area contributed by atoms with Gasteiger partial charge in [-0.25, -0.2) is 14.0 Å². The molecule has 8 heteroatoms. The SMILES string of the molecule is CCc1ccc[n+](C2=C(c3c(CC)nn(-c4ccc(F)cc4)c3[O-])C(=O)N(c3cccc(C)c3)C2=O)c1. The average molecular weight is 497 g/mol. The van der Waals surface area contributed by atoms with Crippen molar-refractivity contribution >= 4 is 28.8 Å². The van der Waals surface area contributed by atoms with Crippen LogP contribution in [0.5, 0.6) is 5.88 Å². The zero-order valence-electron chi connectivity index (χ0n) is 20.7. The first-order valence-corrected chi connectivity index (χ1v) is 12.1. The zero-order valence-corrected chi connectivity index (χ0v) is 20.7. The van der Waals surface area contributed by atoms with Gasteiger partial charge in [0, 0.05) is 17.2 Å². The molecule has 0 bridgehead atoms. The first-order chi connectivity index (χ1) is 17.8. The highest BCUT2D eigenvalue weighted by atomic mass is 19.1. The maximum absolute atomic E-state index is 14.0. The van der Waals surface area contributed by atoms with Crippen LogP contribution in [0.4, 0.5) is 10.1 Å². The Morgan fingerprint density at radius 2 is 1.70 bits per heavy atom. The number of carbonyl (C=O) groups excluding carboxylic acids is 2. The molecular weight excluding hydrogens is 471 g/mol. The van der Waals surface area contributed by atoms with Gasteiger partial charge in [-0.2, -0.15) is 9.67 Å². The van der Waals surface area contributed by atoms with Crippen LogP contribution in [0.15, 0.2) is 73.1 Å². The highest BCUT2D eigenvalue weighted by Crippen LogP contribution is 2.39. The topological polar surface area (TPSA) is 82.1 Å². The lowest BCUT2D eigenvalue weighted by atomic mass is 10.0. The van der Waals surface area contributed by atoms with Crippen molar-refractivity contribution in [1.82, 2.24) is 9.78 Å². The Kier molecular flexibility index (Phi) is 6.17. The summed E-state index contributed by atoms with van der Waals surface area (Å²) in [5, 5.41) is 18.2. The Bertz CT molecular complexity index is 1570. The highest BCUT2D eigenvalue weighted by Gasteiger charge is 2.47. The van der Waals surface area contributed by atoms with E-state index in [-0.39, 0.29) is 16.8 Å². The third kappa shape index (κ3) is 4.10. The second-order valence-corrected chi connectivity index (χ2v) is 8.85. The maximum Gasteiger partial charge on any atom is 0.331 e. The molecule has 1 aliphatic rings. The summed E-state index contributed by atoms with van der Waals surface area (Å²) in [6.45, 7) is 5.69. The predicted octanol–water partition coefficient (Wildman–Crippen LogP) is 3.75. The van der Waals surface area contributed by atoms with Gasteiger partial charge in [-0.1, -0.05) is 26.0 Å². The van der Waals surface area contributed by atoms with Gasteiger partial charge in [-0.05, 0) is 73.7 Å². The van der Waals surface area contributed by atoms with Crippen molar-refractivity contribution in [1.29, 1.82) is 0 Å². The van der Waals surface area contributed by atoms with E-state index < -0.39 is 23.5 Å². The van der Waals surface area contributed by atoms with Crippen molar-refractivity contribution in [2.45, 2.75) is 33.6 Å². The summed E-state index contributed by atoms with van der Waals surface area (Å²) in [4.78, 5) is 29.0. The molecule has 4 aromatic rings. The molecule has 7 nitrogen and oxygen atoms in total. The number of imide groups is 1. The van der Waals surface area contributed by atoms with Gasteiger partial charge in [0.05, 0.1) is 17.1 Å². The molecule has 5 rings (SSSR count). The van der Waals surface area contributed by atoms with E-state index in [0.29, 0.717) is 23.5 Å². The lowest BCUT2D eigenvalue weighted by Gasteiger charge is -2.16. The minimum Gasteiger partial charge on any atom is -0.858 e. The normalized spacial score (nSPS) is 13.7. The maximum atomic E-state index is 14.0. The summed E-state index contributed by atoms with van der Waals surface area (Å²) >= 11 is 0. The standard InChI is InChI=1S/C29H25FN4O3/c1-4-19-9-7-15-32(17-19)26-25(27(35)33(29(26)37)22-10-6-8-18(3)16-22)24-23(5-2)31-34(28(24)36)21-13-11-20(30)12-14-21/h6-17H,4-5H2,1-3H3. The number of hydrogen-bond acceptors (Lipinski definition) is 4. The largest absolute Gasteiger partial charge is 0.858 e. The number of carbonyl (C=O) groups is 2. The van der Waals surface area contributed by atoms with Gasteiger partial charge in [0.15, 0.2) is 12.4 Å². The molecule has 186 valence electrons. The molecule has 37 heavy (non-hydrogen) atoms. The molecule has 0 atom stereocenters. The Morgan fingerprint density at radius 3 is 2.38 bits per heavy atom. The molecule has 0 unspecified atom stereocenters. The number of amides is 2. The summed E-state index contributed by atoms with van der Waals surface area (Å²) in [5.74, 6) is -2.11. The molecule has 0 N–H and O–H groups in total. The lowest BCUT2D eigenvalue weighted by Crippen LogP contribution is -2.40. The van der Waals surface area contributed by atoms with Crippen LogP contribution in [0.25, 0.3) is 17.0 Å². The smallest absolute Gasteiger partial charge is 0.331 e. The molecule has 2 amide bonds. The van der Waals surface area contributed by atoms with E-state index in [0.717, 1.165) is 27.1 Å². The fourth-order valence-corrected chi connectivity index (χ4v) is 4.56. The van der Waals surface area contributed by atoms with E-state index in [1.165, 1.54) is 24.3 Å². The minimum absolute atomic E-state index is 0.0000270. The van der Waals surface area contributed by atoms with Crippen molar-refractivity contribution in [3.63, 3.8) is 0 Å². The van der Waals surface area contributed by atoms with E-state index in [1.807, 2.05) is 32.9 Å². The van der Waals surface area contributed by atoms with Crippen molar-refractivity contribution in [2.24, 2.45) is 0 Å². The molecule has 0 spiro atoms. The van der Waals surface area contributed by atoms with Crippen LogP contribution in [0.2, 0.25) is 0 Å². The summed E-state index contributed by atoms with van der Waals surface area (Å²) < 4.78 is 16.3. The van der Waals surface area contributed by atoms with Gasteiger partial charge in [0.2, 0.25) is 0 Å². The second kappa shape index (κ2) is 9.46. The number of benzene rings is 2. The third-order valence-corrected chi connectivity index (χ3v) is 6.42. The summed E-state index contributed by atoms with van der Waals surface area (Å²) in [6, 6.07) is 16.2. The Labute approximate surface area is 213 Å². The molecule has 0 aliphatic carbocycles. The third-order valence-electron chi connectivity index (χ3n) is 6.42. The van der Waals surface area contributed by atoms with E-state index in [9.17, 15) is 19.1 Å². The molecule has 0 fully saturated rings. The van der Waals surface area contributed by atoms with Crippen molar-refractivity contribution in [2.75, 3.05) is 4.90 Å². The number of nitrogens with zero attached hydrogens (tertiary/aromatic N) is 4. The Balaban J connectivity index is 1.77. The minimum atomic E-state index is -0.592. The zero-order chi connectivity index (χ0) is 26.3. The van der Waals surface area contributed by atoms with Gasteiger partial charge in [-0.15, -0.1) is 0 Å². The quantitative estimate of drug-likeness (QED) is 0.301. The van der Waals surface area contributed by atoms with E-state index >= 15 is 0 Å². The first-order valence-electron chi connectivity index (χ1n) is 12.1. The van der Waals surface area contributed by atoms with Crippen LogP contribution >= 0.6 is 0 Å². The van der Waals surface area contributed by atoms with E-state index in [1.54, 1.807) is 41.2 Å².